The van der Waals surface area contributed by atoms with E-state index < -0.39 is 0 Å². The standard InChI is InChI=1S/C14H15N3O2/c1-10-2-5-12(6-3-10)19-9-14(18)17-13-7-4-11(15)8-16-13/h2-8H,9,15H2,1H3,(H,16,17,18). The number of carbonyl (C=O) groups excluding carboxylic acids is 1. The third kappa shape index (κ3) is 3.99. The molecular weight excluding hydrogens is 242 g/mol. The van der Waals surface area contributed by atoms with Crippen LogP contribution in [0.2, 0.25) is 0 Å². The molecule has 0 aliphatic carbocycles. The average Bonchev–Trinajstić information content (AvgIpc) is 2.41. The number of anilines is 2. The van der Waals surface area contributed by atoms with Crippen molar-refractivity contribution < 1.29 is 9.53 Å². The molecular formula is C14H15N3O2. The molecule has 2 aromatic rings. The van der Waals surface area contributed by atoms with E-state index in [1.54, 1.807) is 12.1 Å². The van der Waals surface area contributed by atoms with E-state index in [0.29, 0.717) is 17.3 Å². The quantitative estimate of drug-likeness (QED) is 0.878. The van der Waals surface area contributed by atoms with Gasteiger partial charge in [-0.05, 0) is 31.2 Å². The molecule has 5 nitrogen and oxygen atoms in total. The molecule has 0 atom stereocenters. The van der Waals surface area contributed by atoms with Crippen LogP contribution in [-0.2, 0) is 4.79 Å². The molecule has 5 heteroatoms. The lowest BCUT2D eigenvalue weighted by Gasteiger charge is -2.07. The Bertz CT molecular complexity index is 550. The van der Waals surface area contributed by atoms with Gasteiger partial charge in [-0.15, -0.1) is 0 Å². The molecule has 1 aromatic carbocycles. The number of ether oxygens (including phenoxy) is 1. The third-order valence-electron chi connectivity index (χ3n) is 2.44. The van der Waals surface area contributed by atoms with E-state index in [2.05, 4.69) is 10.3 Å². The van der Waals surface area contributed by atoms with Gasteiger partial charge >= 0.3 is 0 Å². The lowest BCUT2D eigenvalue weighted by Crippen LogP contribution is -2.20. The SMILES string of the molecule is Cc1ccc(OCC(=O)Nc2ccc(N)cn2)cc1. The van der Waals surface area contributed by atoms with Crippen LogP contribution in [0.15, 0.2) is 42.6 Å². The van der Waals surface area contributed by atoms with Gasteiger partial charge in [0.1, 0.15) is 11.6 Å². The molecule has 1 heterocycles. The number of nitrogens with one attached hydrogen (secondary N) is 1. The number of benzene rings is 1. The normalized spacial score (nSPS) is 9.95. The van der Waals surface area contributed by atoms with Gasteiger partial charge in [0.2, 0.25) is 0 Å². The number of aryl methyl sites for hydroxylation is 1. The number of nitrogens with two attached hydrogens (primary N) is 1. The summed E-state index contributed by atoms with van der Waals surface area (Å²) >= 11 is 0. The first-order chi connectivity index (χ1) is 9.13. The zero-order valence-electron chi connectivity index (χ0n) is 10.6. The van der Waals surface area contributed by atoms with Gasteiger partial charge in [0.15, 0.2) is 6.61 Å². The summed E-state index contributed by atoms with van der Waals surface area (Å²) in [6.07, 6.45) is 1.48. The summed E-state index contributed by atoms with van der Waals surface area (Å²) in [5.74, 6) is 0.843. The fourth-order valence-electron chi connectivity index (χ4n) is 1.44. The Balaban J connectivity index is 1.84. The van der Waals surface area contributed by atoms with Crippen LogP contribution in [-0.4, -0.2) is 17.5 Å². The van der Waals surface area contributed by atoms with Crippen molar-refractivity contribution in [2.24, 2.45) is 0 Å². The number of hydrogen-bond acceptors (Lipinski definition) is 4. The van der Waals surface area contributed by atoms with E-state index in [1.165, 1.54) is 6.20 Å². The van der Waals surface area contributed by atoms with Crippen molar-refractivity contribution in [3.05, 3.63) is 48.2 Å². The molecule has 1 aromatic heterocycles. The van der Waals surface area contributed by atoms with Crippen LogP contribution in [0.3, 0.4) is 0 Å². The second-order valence-electron chi connectivity index (χ2n) is 4.13. The smallest absolute Gasteiger partial charge is 0.263 e. The minimum absolute atomic E-state index is 0.0604. The van der Waals surface area contributed by atoms with Crippen molar-refractivity contribution in [2.45, 2.75) is 6.92 Å². The fourth-order valence-corrected chi connectivity index (χ4v) is 1.44. The third-order valence-corrected chi connectivity index (χ3v) is 2.44. The van der Waals surface area contributed by atoms with Crippen LogP contribution in [0, 0.1) is 6.92 Å². The summed E-state index contributed by atoms with van der Waals surface area (Å²) in [6, 6.07) is 10.8. The first kappa shape index (κ1) is 12.9. The van der Waals surface area contributed by atoms with Gasteiger partial charge in [0.05, 0.1) is 11.9 Å². The van der Waals surface area contributed by atoms with Crippen LogP contribution in [0.5, 0.6) is 5.75 Å². The summed E-state index contributed by atoms with van der Waals surface area (Å²) in [4.78, 5) is 15.6. The van der Waals surface area contributed by atoms with Gasteiger partial charge in [-0.1, -0.05) is 17.7 Å². The number of hydrogen-bond donors (Lipinski definition) is 2. The molecule has 3 N–H and O–H groups in total. The molecule has 0 fully saturated rings. The molecule has 1 amide bonds. The predicted octanol–water partition coefficient (Wildman–Crippen LogP) is 1.99. The van der Waals surface area contributed by atoms with Crippen molar-refractivity contribution >= 4 is 17.4 Å². The Hall–Kier alpha value is -2.56. The minimum atomic E-state index is -0.266. The molecule has 2 rings (SSSR count). The Kier molecular flexibility index (Phi) is 3.97. The van der Waals surface area contributed by atoms with Gasteiger partial charge < -0.3 is 15.8 Å². The first-order valence-corrected chi connectivity index (χ1v) is 5.84. The summed E-state index contributed by atoms with van der Waals surface area (Å²) < 4.78 is 5.35. The number of rotatable bonds is 4. The van der Waals surface area contributed by atoms with Crippen molar-refractivity contribution in [2.75, 3.05) is 17.7 Å². The second kappa shape index (κ2) is 5.86. The molecule has 0 bridgehead atoms. The van der Waals surface area contributed by atoms with E-state index >= 15 is 0 Å². The number of nitrogen functional groups attached to an aromatic ring is 1. The first-order valence-electron chi connectivity index (χ1n) is 5.84. The highest BCUT2D eigenvalue weighted by atomic mass is 16.5. The van der Waals surface area contributed by atoms with Crippen LogP contribution >= 0.6 is 0 Å². The van der Waals surface area contributed by atoms with E-state index in [1.807, 2.05) is 31.2 Å². The lowest BCUT2D eigenvalue weighted by molar-refractivity contribution is -0.118. The predicted molar refractivity (Wildman–Crippen MR) is 74.0 cm³/mol. The monoisotopic (exact) mass is 257 g/mol. The highest BCUT2D eigenvalue weighted by Crippen LogP contribution is 2.11. The maximum Gasteiger partial charge on any atom is 0.263 e. The maximum absolute atomic E-state index is 11.6. The van der Waals surface area contributed by atoms with Crippen LogP contribution in [0.1, 0.15) is 5.56 Å². The van der Waals surface area contributed by atoms with E-state index in [4.69, 9.17) is 10.5 Å². The molecule has 98 valence electrons. The van der Waals surface area contributed by atoms with E-state index in [9.17, 15) is 4.79 Å². The molecule has 0 spiro atoms. The van der Waals surface area contributed by atoms with Gasteiger partial charge in [0.25, 0.3) is 5.91 Å². The Morgan fingerprint density at radius 3 is 2.63 bits per heavy atom. The zero-order valence-corrected chi connectivity index (χ0v) is 10.6. The fraction of sp³-hybridized carbons (Fsp3) is 0.143. The Morgan fingerprint density at radius 2 is 2.00 bits per heavy atom. The van der Waals surface area contributed by atoms with Crippen LogP contribution < -0.4 is 15.8 Å². The van der Waals surface area contributed by atoms with E-state index in [0.717, 1.165) is 5.56 Å². The number of aromatic nitrogens is 1. The number of pyridine rings is 1. The summed E-state index contributed by atoms with van der Waals surface area (Å²) in [5, 5.41) is 2.62. The molecule has 0 radical (unpaired) electrons. The Morgan fingerprint density at radius 1 is 1.26 bits per heavy atom. The molecule has 0 aliphatic heterocycles. The minimum Gasteiger partial charge on any atom is -0.484 e. The molecule has 19 heavy (non-hydrogen) atoms. The van der Waals surface area contributed by atoms with Gasteiger partial charge in [-0.25, -0.2) is 4.98 Å². The highest BCUT2D eigenvalue weighted by molar-refractivity contribution is 5.91. The van der Waals surface area contributed by atoms with Gasteiger partial charge in [-0.2, -0.15) is 0 Å². The van der Waals surface area contributed by atoms with Crippen LogP contribution in [0.25, 0.3) is 0 Å². The van der Waals surface area contributed by atoms with E-state index in [-0.39, 0.29) is 12.5 Å². The maximum atomic E-state index is 11.6. The lowest BCUT2D eigenvalue weighted by atomic mass is 10.2. The number of carbonyl (C=O) groups is 1. The van der Waals surface area contributed by atoms with Crippen molar-refractivity contribution in [1.29, 1.82) is 0 Å². The van der Waals surface area contributed by atoms with Crippen molar-refractivity contribution in [3.8, 4) is 5.75 Å². The van der Waals surface area contributed by atoms with Crippen molar-refractivity contribution in [3.63, 3.8) is 0 Å². The van der Waals surface area contributed by atoms with Gasteiger partial charge in [0, 0.05) is 0 Å². The summed E-state index contributed by atoms with van der Waals surface area (Å²) in [5.41, 5.74) is 7.20. The average molecular weight is 257 g/mol. The largest absolute Gasteiger partial charge is 0.484 e. The number of amides is 1. The molecule has 0 unspecified atom stereocenters. The topological polar surface area (TPSA) is 77.2 Å². The van der Waals surface area contributed by atoms with Crippen molar-refractivity contribution in [1.82, 2.24) is 4.98 Å². The zero-order chi connectivity index (χ0) is 13.7. The summed E-state index contributed by atoms with van der Waals surface area (Å²) in [7, 11) is 0. The Labute approximate surface area is 111 Å². The van der Waals surface area contributed by atoms with Gasteiger partial charge in [-0.3, -0.25) is 4.79 Å². The van der Waals surface area contributed by atoms with Crippen LogP contribution in [0.4, 0.5) is 11.5 Å². The number of nitrogens with zero attached hydrogens (tertiary/aromatic N) is 1. The second-order valence-corrected chi connectivity index (χ2v) is 4.13. The molecule has 0 saturated carbocycles. The molecule has 0 saturated heterocycles. The summed E-state index contributed by atoms with van der Waals surface area (Å²) in [6.45, 7) is 1.93. The highest BCUT2D eigenvalue weighted by Gasteiger charge is 2.04. The molecule has 0 aliphatic rings.